The minimum atomic E-state index is -4.05. The first-order chi connectivity index (χ1) is 9.43. The number of rotatable bonds is 7. The van der Waals surface area contributed by atoms with Crippen molar-refractivity contribution in [2.24, 2.45) is 5.92 Å². The summed E-state index contributed by atoms with van der Waals surface area (Å²) in [4.78, 5) is 2.07. The van der Waals surface area contributed by atoms with E-state index >= 15 is 0 Å². The van der Waals surface area contributed by atoms with Crippen LogP contribution in [0.4, 0.5) is 13.2 Å². The summed E-state index contributed by atoms with van der Waals surface area (Å²) < 4.78 is 38.8. The van der Waals surface area contributed by atoms with Crippen LogP contribution in [0.5, 0.6) is 0 Å². The van der Waals surface area contributed by atoms with E-state index < -0.39 is 12.1 Å². The van der Waals surface area contributed by atoms with Crippen molar-refractivity contribution < 1.29 is 13.2 Å². The number of nitrogens with zero attached hydrogens (tertiary/aromatic N) is 1. The standard InChI is InChI=1S/C15H29F3N2/c1-4-8-13(19-6-3)14(5-2)20-10-7-9-12(11-20)15(16,17)18/h12-14,19H,4-11H2,1-3H3. The smallest absolute Gasteiger partial charge is 0.313 e. The fourth-order valence-corrected chi connectivity index (χ4v) is 3.38. The first-order valence-electron chi connectivity index (χ1n) is 7.98. The summed E-state index contributed by atoms with van der Waals surface area (Å²) in [5.41, 5.74) is 0. The second-order valence-electron chi connectivity index (χ2n) is 5.80. The molecule has 0 aromatic heterocycles. The van der Waals surface area contributed by atoms with Gasteiger partial charge in [-0.25, -0.2) is 0 Å². The predicted molar refractivity (Wildman–Crippen MR) is 76.8 cm³/mol. The maximum atomic E-state index is 12.9. The van der Waals surface area contributed by atoms with Gasteiger partial charge in [0.1, 0.15) is 0 Å². The van der Waals surface area contributed by atoms with Crippen LogP contribution in [-0.2, 0) is 0 Å². The van der Waals surface area contributed by atoms with E-state index in [1.807, 2.05) is 0 Å². The Kier molecular flexibility index (Phi) is 7.30. The third-order valence-corrected chi connectivity index (χ3v) is 4.33. The van der Waals surface area contributed by atoms with Crippen LogP contribution in [0.25, 0.3) is 0 Å². The number of piperidine rings is 1. The van der Waals surface area contributed by atoms with E-state index in [1.54, 1.807) is 0 Å². The van der Waals surface area contributed by atoms with Crippen molar-refractivity contribution in [3.63, 3.8) is 0 Å². The van der Waals surface area contributed by atoms with Crippen LogP contribution < -0.4 is 5.32 Å². The second-order valence-corrected chi connectivity index (χ2v) is 5.80. The van der Waals surface area contributed by atoms with Gasteiger partial charge in [-0.05, 0) is 38.8 Å². The highest BCUT2D eigenvalue weighted by Gasteiger charge is 2.43. The zero-order valence-corrected chi connectivity index (χ0v) is 13.0. The Bertz CT molecular complexity index is 262. The number of alkyl halides is 3. The highest BCUT2D eigenvalue weighted by Crippen LogP contribution is 2.34. The van der Waals surface area contributed by atoms with Crippen molar-refractivity contribution >= 4 is 0 Å². The summed E-state index contributed by atoms with van der Waals surface area (Å²) >= 11 is 0. The minimum Gasteiger partial charge on any atom is -0.313 e. The van der Waals surface area contributed by atoms with Gasteiger partial charge in [-0.2, -0.15) is 13.2 Å². The maximum Gasteiger partial charge on any atom is 0.393 e. The number of hydrogen-bond donors (Lipinski definition) is 1. The van der Waals surface area contributed by atoms with Crippen LogP contribution in [0.1, 0.15) is 52.9 Å². The molecule has 0 aromatic carbocycles. The molecular weight excluding hydrogens is 265 g/mol. The van der Waals surface area contributed by atoms with E-state index in [1.165, 1.54) is 0 Å². The molecule has 120 valence electrons. The summed E-state index contributed by atoms with van der Waals surface area (Å²) in [5.74, 6) is -1.14. The molecule has 0 aliphatic carbocycles. The van der Waals surface area contributed by atoms with E-state index in [0.717, 1.165) is 32.4 Å². The first-order valence-corrected chi connectivity index (χ1v) is 7.98. The monoisotopic (exact) mass is 294 g/mol. The van der Waals surface area contributed by atoms with E-state index in [0.29, 0.717) is 12.5 Å². The molecule has 3 atom stereocenters. The molecule has 1 aliphatic heterocycles. The van der Waals surface area contributed by atoms with Crippen molar-refractivity contribution in [3.8, 4) is 0 Å². The molecule has 5 heteroatoms. The molecule has 1 N–H and O–H groups in total. The van der Waals surface area contributed by atoms with Crippen LogP contribution in [-0.4, -0.2) is 42.8 Å². The molecule has 0 amide bonds. The Hall–Kier alpha value is -0.290. The lowest BCUT2D eigenvalue weighted by Gasteiger charge is -2.42. The summed E-state index contributed by atoms with van der Waals surface area (Å²) in [6, 6.07) is 0.530. The van der Waals surface area contributed by atoms with Crippen molar-refractivity contribution in [3.05, 3.63) is 0 Å². The molecule has 2 nitrogen and oxygen atoms in total. The SMILES string of the molecule is CCCC(NCC)C(CC)N1CCCC(C(F)(F)F)C1. The Morgan fingerprint density at radius 2 is 1.95 bits per heavy atom. The third-order valence-electron chi connectivity index (χ3n) is 4.33. The van der Waals surface area contributed by atoms with Crippen molar-refractivity contribution in [1.82, 2.24) is 10.2 Å². The normalized spacial score (nSPS) is 24.6. The summed E-state index contributed by atoms with van der Waals surface area (Å²) in [7, 11) is 0. The maximum absolute atomic E-state index is 12.9. The van der Waals surface area contributed by atoms with Gasteiger partial charge in [0.25, 0.3) is 0 Å². The molecule has 0 radical (unpaired) electrons. The predicted octanol–water partition coefficient (Wildman–Crippen LogP) is 3.82. The molecule has 1 heterocycles. The van der Waals surface area contributed by atoms with Crippen LogP contribution >= 0.6 is 0 Å². The fourth-order valence-electron chi connectivity index (χ4n) is 3.38. The molecule has 1 saturated heterocycles. The summed E-state index contributed by atoms with van der Waals surface area (Å²) in [6.07, 6.45) is -0.108. The van der Waals surface area contributed by atoms with E-state index in [-0.39, 0.29) is 19.0 Å². The van der Waals surface area contributed by atoms with Crippen LogP contribution in [0.15, 0.2) is 0 Å². The van der Waals surface area contributed by atoms with Gasteiger partial charge in [0.2, 0.25) is 0 Å². The minimum absolute atomic E-state index is 0.174. The number of likely N-dealkylation sites (tertiary alicyclic amines) is 1. The average molecular weight is 294 g/mol. The van der Waals surface area contributed by atoms with Gasteiger partial charge in [0.05, 0.1) is 5.92 Å². The summed E-state index contributed by atoms with van der Waals surface area (Å²) in [5, 5.41) is 3.46. The number of hydrogen-bond acceptors (Lipinski definition) is 2. The Morgan fingerprint density at radius 3 is 2.45 bits per heavy atom. The quantitative estimate of drug-likeness (QED) is 0.768. The van der Waals surface area contributed by atoms with E-state index in [9.17, 15) is 13.2 Å². The van der Waals surface area contributed by atoms with E-state index in [2.05, 4.69) is 31.0 Å². The zero-order valence-electron chi connectivity index (χ0n) is 13.0. The lowest BCUT2D eigenvalue weighted by atomic mass is 9.92. The topological polar surface area (TPSA) is 15.3 Å². The fraction of sp³-hybridized carbons (Fsp3) is 1.00. The molecule has 1 aliphatic rings. The Labute approximate surface area is 121 Å². The number of likely N-dealkylation sites (N-methyl/N-ethyl adjacent to an activating group) is 1. The third kappa shape index (κ3) is 4.92. The molecule has 0 spiro atoms. The average Bonchev–Trinajstić information content (AvgIpc) is 2.39. The highest BCUT2D eigenvalue weighted by atomic mass is 19.4. The molecule has 0 saturated carbocycles. The molecule has 1 rings (SSSR count). The lowest BCUT2D eigenvalue weighted by Crippen LogP contribution is -2.54. The largest absolute Gasteiger partial charge is 0.393 e. The Morgan fingerprint density at radius 1 is 1.25 bits per heavy atom. The van der Waals surface area contributed by atoms with Crippen molar-refractivity contribution in [2.75, 3.05) is 19.6 Å². The van der Waals surface area contributed by atoms with Crippen LogP contribution in [0, 0.1) is 5.92 Å². The molecule has 0 bridgehead atoms. The van der Waals surface area contributed by atoms with Gasteiger partial charge in [0.15, 0.2) is 0 Å². The van der Waals surface area contributed by atoms with Gasteiger partial charge in [-0.1, -0.05) is 27.2 Å². The van der Waals surface area contributed by atoms with Crippen LogP contribution in [0.3, 0.4) is 0 Å². The number of nitrogens with one attached hydrogen (secondary N) is 1. The van der Waals surface area contributed by atoms with Crippen molar-refractivity contribution in [2.45, 2.75) is 71.1 Å². The summed E-state index contributed by atoms with van der Waals surface area (Å²) in [6.45, 7) is 8.12. The molecule has 20 heavy (non-hydrogen) atoms. The van der Waals surface area contributed by atoms with Gasteiger partial charge >= 0.3 is 6.18 Å². The van der Waals surface area contributed by atoms with Crippen molar-refractivity contribution in [1.29, 1.82) is 0 Å². The lowest BCUT2D eigenvalue weighted by molar-refractivity contribution is -0.189. The zero-order chi connectivity index (χ0) is 15.2. The number of halogens is 3. The van der Waals surface area contributed by atoms with Gasteiger partial charge in [0, 0.05) is 18.6 Å². The molecule has 1 fully saturated rings. The Balaban J connectivity index is 2.71. The first kappa shape index (κ1) is 17.8. The van der Waals surface area contributed by atoms with E-state index in [4.69, 9.17) is 0 Å². The molecule has 3 unspecified atom stereocenters. The van der Waals surface area contributed by atoms with Gasteiger partial charge in [-0.3, -0.25) is 4.90 Å². The second kappa shape index (κ2) is 8.23. The molecular formula is C15H29F3N2. The highest BCUT2D eigenvalue weighted by molar-refractivity contribution is 4.88. The molecule has 0 aromatic rings. The van der Waals surface area contributed by atoms with Crippen LogP contribution in [0.2, 0.25) is 0 Å². The van der Waals surface area contributed by atoms with Gasteiger partial charge in [-0.15, -0.1) is 0 Å². The van der Waals surface area contributed by atoms with Gasteiger partial charge < -0.3 is 5.32 Å².